The van der Waals surface area contributed by atoms with Crippen LogP contribution in [0.2, 0.25) is 0 Å². The summed E-state index contributed by atoms with van der Waals surface area (Å²) >= 11 is 3.53. The van der Waals surface area contributed by atoms with Crippen molar-refractivity contribution in [3.63, 3.8) is 0 Å². The number of benzene rings is 1. The standard InChI is InChI=1S/C14H16BrN3/c1-8-4-5-9(2)12(6-8)18-14-13(15)10(3)11(16)7-17-14/h4-7H,16H2,1-3H3,(H,17,18). The summed E-state index contributed by atoms with van der Waals surface area (Å²) in [7, 11) is 0. The van der Waals surface area contributed by atoms with Gasteiger partial charge in [-0.1, -0.05) is 12.1 Å². The van der Waals surface area contributed by atoms with Gasteiger partial charge in [0.15, 0.2) is 0 Å². The minimum Gasteiger partial charge on any atom is -0.397 e. The summed E-state index contributed by atoms with van der Waals surface area (Å²) in [5.41, 5.74) is 11.0. The summed E-state index contributed by atoms with van der Waals surface area (Å²) in [5.74, 6) is 0.787. The second-order valence-corrected chi connectivity index (χ2v) is 5.24. The third-order valence-corrected chi connectivity index (χ3v) is 3.92. The molecule has 0 saturated carbocycles. The van der Waals surface area contributed by atoms with E-state index < -0.39 is 0 Å². The lowest BCUT2D eigenvalue weighted by molar-refractivity contribution is 1.24. The number of nitrogens with zero attached hydrogens (tertiary/aromatic N) is 1. The first-order valence-electron chi connectivity index (χ1n) is 5.74. The van der Waals surface area contributed by atoms with Crippen LogP contribution in [0.3, 0.4) is 0 Å². The van der Waals surface area contributed by atoms with E-state index >= 15 is 0 Å². The maximum Gasteiger partial charge on any atom is 0.145 e. The van der Waals surface area contributed by atoms with Crippen molar-refractivity contribution in [1.29, 1.82) is 0 Å². The summed E-state index contributed by atoms with van der Waals surface area (Å²) in [4.78, 5) is 4.32. The molecule has 4 heteroatoms. The minimum absolute atomic E-state index is 0.688. The van der Waals surface area contributed by atoms with E-state index in [-0.39, 0.29) is 0 Å². The van der Waals surface area contributed by atoms with Gasteiger partial charge >= 0.3 is 0 Å². The molecule has 0 bridgehead atoms. The molecule has 2 aromatic rings. The average molecular weight is 306 g/mol. The summed E-state index contributed by atoms with van der Waals surface area (Å²) in [5, 5.41) is 3.34. The van der Waals surface area contributed by atoms with E-state index in [0.29, 0.717) is 5.69 Å². The SMILES string of the molecule is Cc1ccc(C)c(Nc2ncc(N)c(C)c2Br)c1. The van der Waals surface area contributed by atoms with Gasteiger partial charge in [0.05, 0.1) is 16.4 Å². The van der Waals surface area contributed by atoms with Crippen LogP contribution in [0.1, 0.15) is 16.7 Å². The van der Waals surface area contributed by atoms with Crippen molar-refractivity contribution in [2.75, 3.05) is 11.1 Å². The quantitative estimate of drug-likeness (QED) is 0.878. The second kappa shape index (κ2) is 4.98. The number of nitrogens with two attached hydrogens (primary N) is 1. The highest BCUT2D eigenvalue weighted by molar-refractivity contribution is 9.10. The Morgan fingerprint density at radius 2 is 1.94 bits per heavy atom. The maximum absolute atomic E-state index is 5.82. The van der Waals surface area contributed by atoms with Crippen molar-refractivity contribution in [3.8, 4) is 0 Å². The van der Waals surface area contributed by atoms with E-state index in [4.69, 9.17) is 5.73 Å². The molecule has 1 aromatic carbocycles. The molecule has 0 saturated heterocycles. The van der Waals surface area contributed by atoms with Crippen LogP contribution in [0.25, 0.3) is 0 Å². The molecule has 1 aromatic heterocycles. The van der Waals surface area contributed by atoms with Gasteiger partial charge in [-0.25, -0.2) is 4.98 Å². The van der Waals surface area contributed by atoms with Crippen molar-refractivity contribution in [3.05, 3.63) is 45.6 Å². The van der Waals surface area contributed by atoms with Crippen molar-refractivity contribution in [2.24, 2.45) is 0 Å². The Morgan fingerprint density at radius 1 is 1.22 bits per heavy atom. The zero-order valence-electron chi connectivity index (χ0n) is 10.7. The number of nitrogens with one attached hydrogen (secondary N) is 1. The van der Waals surface area contributed by atoms with Crippen LogP contribution in [0.4, 0.5) is 17.2 Å². The molecule has 0 spiro atoms. The maximum atomic E-state index is 5.82. The molecule has 0 aliphatic carbocycles. The molecule has 3 nitrogen and oxygen atoms in total. The Morgan fingerprint density at radius 3 is 2.67 bits per heavy atom. The fourth-order valence-corrected chi connectivity index (χ4v) is 2.11. The average Bonchev–Trinajstić information content (AvgIpc) is 2.34. The van der Waals surface area contributed by atoms with Crippen LogP contribution in [-0.4, -0.2) is 4.98 Å². The van der Waals surface area contributed by atoms with Crippen LogP contribution in [-0.2, 0) is 0 Å². The normalized spacial score (nSPS) is 10.4. The molecule has 0 aliphatic rings. The van der Waals surface area contributed by atoms with Gasteiger partial charge in [-0.05, 0) is 59.5 Å². The molecular weight excluding hydrogens is 290 g/mol. The third kappa shape index (κ3) is 2.48. The van der Waals surface area contributed by atoms with Crippen LogP contribution >= 0.6 is 15.9 Å². The molecule has 0 aliphatic heterocycles. The van der Waals surface area contributed by atoms with Crippen molar-refractivity contribution >= 4 is 33.1 Å². The predicted octanol–water partition coefficient (Wildman–Crippen LogP) is 4.10. The lowest BCUT2D eigenvalue weighted by atomic mass is 10.1. The van der Waals surface area contributed by atoms with E-state index in [1.165, 1.54) is 11.1 Å². The second-order valence-electron chi connectivity index (χ2n) is 4.44. The van der Waals surface area contributed by atoms with Crippen LogP contribution < -0.4 is 11.1 Å². The smallest absolute Gasteiger partial charge is 0.145 e. The van der Waals surface area contributed by atoms with Gasteiger partial charge in [-0.15, -0.1) is 0 Å². The van der Waals surface area contributed by atoms with Gasteiger partial charge in [-0.3, -0.25) is 0 Å². The zero-order chi connectivity index (χ0) is 13.3. The molecular formula is C14H16BrN3. The lowest BCUT2D eigenvalue weighted by Crippen LogP contribution is -2.00. The molecule has 3 N–H and O–H groups in total. The monoisotopic (exact) mass is 305 g/mol. The number of rotatable bonds is 2. The number of aromatic nitrogens is 1. The first-order chi connectivity index (χ1) is 8.49. The van der Waals surface area contributed by atoms with E-state index in [2.05, 4.69) is 58.3 Å². The Bertz CT molecular complexity index is 594. The Labute approximate surface area is 116 Å². The predicted molar refractivity (Wildman–Crippen MR) is 80.3 cm³/mol. The zero-order valence-corrected chi connectivity index (χ0v) is 12.3. The number of nitrogen functional groups attached to an aromatic ring is 1. The molecule has 0 radical (unpaired) electrons. The molecule has 0 atom stereocenters. The Kier molecular flexibility index (Phi) is 3.57. The number of anilines is 3. The Hall–Kier alpha value is -1.55. The van der Waals surface area contributed by atoms with Crippen molar-refractivity contribution in [2.45, 2.75) is 20.8 Å². The molecule has 18 heavy (non-hydrogen) atoms. The van der Waals surface area contributed by atoms with Gasteiger partial charge in [0.1, 0.15) is 5.82 Å². The molecule has 2 rings (SSSR count). The topological polar surface area (TPSA) is 50.9 Å². The first-order valence-corrected chi connectivity index (χ1v) is 6.53. The molecule has 0 amide bonds. The molecule has 0 fully saturated rings. The number of hydrogen-bond acceptors (Lipinski definition) is 3. The van der Waals surface area contributed by atoms with E-state index in [1.54, 1.807) is 6.20 Å². The largest absolute Gasteiger partial charge is 0.397 e. The van der Waals surface area contributed by atoms with Gasteiger partial charge in [0.25, 0.3) is 0 Å². The van der Waals surface area contributed by atoms with Gasteiger partial charge in [-0.2, -0.15) is 0 Å². The highest BCUT2D eigenvalue weighted by atomic mass is 79.9. The summed E-state index contributed by atoms with van der Waals surface area (Å²) in [6.45, 7) is 6.11. The van der Waals surface area contributed by atoms with E-state index in [9.17, 15) is 0 Å². The van der Waals surface area contributed by atoms with E-state index in [0.717, 1.165) is 21.5 Å². The summed E-state index contributed by atoms with van der Waals surface area (Å²) in [6, 6.07) is 6.29. The fraction of sp³-hybridized carbons (Fsp3) is 0.214. The fourth-order valence-electron chi connectivity index (χ4n) is 1.68. The van der Waals surface area contributed by atoms with Gasteiger partial charge in [0, 0.05) is 5.69 Å². The van der Waals surface area contributed by atoms with Crippen LogP contribution in [0.5, 0.6) is 0 Å². The number of pyridine rings is 1. The lowest BCUT2D eigenvalue weighted by Gasteiger charge is -2.13. The highest BCUT2D eigenvalue weighted by Crippen LogP contribution is 2.30. The van der Waals surface area contributed by atoms with Gasteiger partial charge in [0.2, 0.25) is 0 Å². The third-order valence-electron chi connectivity index (χ3n) is 2.95. The van der Waals surface area contributed by atoms with Crippen molar-refractivity contribution < 1.29 is 0 Å². The molecule has 1 heterocycles. The van der Waals surface area contributed by atoms with Crippen LogP contribution in [0, 0.1) is 20.8 Å². The summed E-state index contributed by atoms with van der Waals surface area (Å²) < 4.78 is 0.906. The first kappa shape index (κ1) is 12.9. The Balaban J connectivity index is 2.40. The summed E-state index contributed by atoms with van der Waals surface area (Å²) in [6.07, 6.45) is 1.67. The van der Waals surface area contributed by atoms with Gasteiger partial charge < -0.3 is 11.1 Å². The number of aryl methyl sites for hydroxylation is 2. The van der Waals surface area contributed by atoms with Crippen LogP contribution in [0.15, 0.2) is 28.9 Å². The number of hydrogen-bond donors (Lipinski definition) is 2. The van der Waals surface area contributed by atoms with E-state index in [1.807, 2.05) is 6.92 Å². The number of halogens is 1. The minimum atomic E-state index is 0.688. The van der Waals surface area contributed by atoms with Crippen molar-refractivity contribution in [1.82, 2.24) is 4.98 Å². The molecule has 94 valence electrons. The molecule has 0 unspecified atom stereocenters. The highest BCUT2D eigenvalue weighted by Gasteiger charge is 2.08.